The molecule has 1 aromatic heterocycles. The number of sulfonamides is 1. The number of hydrogen-bond donors (Lipinski definition) is 0. The van der Waals surface area contributed by atoms with E-state index in [0.29, 0.717) is 18.9 Å². The minimum absolute atomic E-state index is 0.564. The normalized spacial score (nSPS) is 20.1. The van der Waals surface area contributed by atoms with Crippen LogP contribution in [-0.2, 0) is 17.1 Å². The molecule has 1 aliphatic heterocycles. The summed E-state index contributed by atoms with van der Waals surface area (Å²) < 4.78 is 27.8. The van der Waals surface area contributed by atoms with Crippen molar-refractivity contribution in [2.45, 2.75) is 25.0 Å². The molecule has 6 heteroatoms. The Bertz CT molecular complexity index is 460. The van der Waals surface area contributed by atoms with Gasteiger partial charge in [0, 0.05) is 32.5 Å². The van der Waals surface area contributed by atoms with Gasteiger partial charge in [0.15, 0.2) is 0 Å². The fourth-order valence-corrected chi connectivity index (χ4v) is 3.78. The monoisotopic (exact) mass is 243 g/mol. The van der Waals surface area contributed by atoms with Gasteiger partial charge in [0.2, 0.25) is 10.0 Å². The first-order chi connectivity index (χ1) is 7.53. The Morgan fingerprint density at radius 1 is 1.38 bits per heavy atom. The van der Waals surface area contributed by atoms with E-state index in [-0.39, 0.29) is 0 Å². The van der Waals surface area contributed by atoms with Gasteiger partial charge in [-0.1, -0.05) is 0 Å². The molecule has 1 saturated heterocycles. The number of hydrogen-bond acceptors (Lipinski definition) is 3. The van der Waals surface area contributed by atoms with E-state index in [9.17, 15) is 8.42 Å². The van der Waals surface area contributed by atoms with E-state index < -0.39 is 15.3 Å². The van der Waals surface area contributed by atoms with Crippen molar-refractivity contribution in [2.75, 3.05) is 13.1 Å². The summed E-state index contributed by atoms with van der Waals surface area (Å²) in [6.45, 7) is 3.00. The predicted molar refractivity (Wildman–Crippen MR) is 61.3 cm³/mol. The highest BCUT2D eigenvalue weighted by Crippen LogP contribution is 2.26. The largest absolute Gasteiger partial charge is 0.337 e. The van der Waals surface area contributed by atoms with Crippen LogP contribution in [0.25, 0.3) is 0 Å². The van der Waals surface area contributed by atoms with Crippen molar-refractivity contribution in [1.29, 1.82) is 0 Å². The molecule has 0 saturated carbocycles. The van der Waals surface area contributed by atoms with Gasteiger partial charge in [-0.25, -0.2) is 17.7 Å². The van der Waals surface area contributed by atoms with Gasteiger partial charge in [-0.2, -0.15) is 0 Å². The van der Waals surface area contributed by atoms with Crippen molar-refractivity contribution in [2.24, 2.45) is 7.05 Å². The molecule has 0 spiro atoms. The highest BCUT2D eigenvalue weighted by atomic mass is 32.2. The van der Waals surface area contributed by atoms with Gasteiger partial charge in [0.05, 0.1) is 0 Å². The maximum atomic E-state index is 12.3. The highest BCUT2D eigenvalue weighted by molar-refractivity contribution is 7.89. The zero-order valence-corrected chi connectivity index (χ0v) is 10.4. The third-order valence-electron chi connectivity index (χ3n) is 3.09. The molecule has 0 radical (unpaired) electrons. The van der Waals surface area contributed by atoms with E-state index in [1.165, 1.54) is 0 Å². The van der Waals surface area contributed by atoms with Crippen LogP contribution in [0.1, 0.15) is 30.8 Å². The summed E-state index contributed by atoms with van der Waals surface area (Å²) in [5.74, 6) is 0.604. The van der Waals surface area contributed by atoms with Crippen LogP contribution in [0.5, 0.6) is 0 Å². The maximum Gasteiger partial charge on any atom is 0.224 e. The van der Waals surface area contributed by atoms with E-state index in [1.807, 2.05) is 7.05 Å². The summed E-state index contributed by atoms with van der Waals surface area (Å²) in [7, 11) is -1.42. The van der Waals surface area contributed by atoms with E-state index in [2.05, 4.69) is 4.98 Å². The van der Waals surface area contributed by atoms with Crippen LogP contribution in [-0.4, -0.2) is 35.4 Å². The van der Waals surface area contributed by atoms with E-state index >= 15 is 0 Å². The van der Waals surface area contributed by atoms with Crippen LogP contribution in [0.15, 0.2) is 12.4 Å². The van der Waals surface area contributed by atoms with Crippen molar-refractivity contribution in [3.63, 3.8) is 0 Å². The van der Waals surface area contributed by atoms with Gasteiger partial charge in [-0.05, 0) is 19.8 Å². The van der Waals surface area contributed by atoms with Crippen molar-refractivity contribution in [3.8, 4) is 0 Å². The zero-order chi connectivity index (χ0) is 11.8. The molecule has 0 aromatic carbocycles. The molecule has 2 heterocycles. The van der Waals surface area contributed by atoms with Crippen molar-refractivity contribution >= 4 is 10.0 Å². The zero-order valence-electron chi connectivity index (χ0n) is 9.63. The van der Waals surface area contributed by atoms with E-state index in [1.54, 1.807) is 28.2 Å². The Morgan fingerprint density at radius 3 is 2.50 bits per heavy atom. The Kier molecular flexibility index (Phi) is 3.03. The average molecular weight is 243 g/mol. The van der Waals surface area contributed by atoms with Crippen LogP contribution >= 0.6 is 0 Å². The molecule has 0 aliphatic carbocycles. The molecule has 0 amide bonds. The lowest BCUT2D eigenvalue weighted by Crippen LogP contribution is -2.32. The van der Waals surface area contributed by atoms with Crippen molar-refractivity contribution in [3.05, 3.63) is 18.2 Å². The summed E-state index contributed by atoms with van der Waals surface area (Å²) in [5, 5.41) is -0.564. The summed E-state index contributed by atoms with van der Waals surface area (Å²) in [6, 6.07) is 0. The first-order valence-electron chi connectivity index (χ1n) is 5.49. The summed E-state index contributed by atoms with van der Waals surface area (Å²) in [6.07, 6.45) is 5.33. The molecule has 16 heavy (non-hydrogen) atoms. The summed E-state index contributed by atoms with van der Waals surface area (Å²) in [5.41, 5.74) is 0. The van der Waals surface area contributed by atoms with Gasteiger partial charge in [-0.3, -0.25) is 0 Å². The number of aromatic nitrogens is 2. The molecule has 1 aliphatic rings. The van der Waals surface area contributed by atoms with Gasteiger partial charge < -0.3 is 4.57 Å². The lowest BCUT2D eigenvalue weighted by Gasteiger charge is -2.20. The standard InChI is InChI=1S/C10H17N3O2S/c1-9(10-11-5-8-12(10)2)16(14,15)13-6-3-4-7-13/h5,8-9H,3-4,6-7H2,1-2H3/t9-/m1/s1. The third kappa shape index (κ3) is 1.87. The Balaban J connectivity index is 2.27. The Morgan fingerprint density at radius 2 is 2.00 bits per heavy atom. The molecule has 2 rings (SSSR count). The van der Waals surface area contributed by atoms with Gasteiger partial charge >= 0.3 is 0 Å². The van der Waals surface area contributed by atoms with E-state index in [4.69, 9.17) is 0 Å². The minimum Gasteiger partial charge on any atom is -0.337 e. The highest BCUT2D eigenvalue weighted by Gasteiger charge is 2.33. The van der Waals surface area contributed by atoms with E-state index in [0.717, 1.165) is 12.8 Å². The quantitative estimate of drug-likeness (QED) is 0.793. The first-order valence-corrected chi connectivity index (χ1v) is 7.00. The number of imidazole rings is 1. The Hall–Kier alpha value is -0.880. The van der Waals surface area contributed by atoms with Gasteiger partial charge in [0.1, 0.15) is 11.1 Å². The number of rotatable bonds is 3. The lowest BCUT2D eigenvalue weighted by atomic mass is 10.4. The molecule has 0 unspecified atom stereocenters. The number of nitrogens with zero attached hydrogens (tertiary/aromatic N) is 3. The van der Waals surface area contributed by atoms with Crippen LogP contribution in [0, 0.1) is 0 Å². The molecule has 0 bridgehead atoms. The predicted octanol–water partition coefficient (Wildman–Crippen LogP) is 0.907. The maximum absolute atomic E-state index is 12.3. The fraction of sp³-hybridized carbons (Fsp3) is 0.700. The van der Waals surface area contributed by atoms with Crippen molar-refractivity contribution in [1.82, 2.24) is 13.9 Å². The summed E-state index contributed by atoms with van der Waals surface area (Å²) >= 11 is 0. The average Bonchev–Trinajstić information content (AvgIpc) is 2.86. The lowest BCUT2D eigenvalue weighted by molar-refractivity contribution is 0.465. The molecule has 90 valence electrons. The number of aryl methyl sites for hydroxylation is 1. The third-order valence-corrected chi connectivity index (χ3v) is 5.28. The second-order valence-corrected chi connectivity index (χ2v) is 6.44. The molecular formula is C10H17N3O2S. The SMILES string of the molecule is C[C@H](c1nccn1C)S(=O)(=O)N1CCCC1. The molecular weight excluding hydrogens is 226 g/mol. The molecule has 1 fully saturated rings. The van der Waals surface area contributed by atoms with Crippen LogP contribution in [0.3, 0.4) is 0 Å². The van der Waals surface area contributed by atoms with Gasteiger partial charge in [-0.15, -0.1) is 0 Å². The van der Waals surface area contributed by atoms with Gasteiger partial charge in [0.25, 0.3) is 0 Å². The van der Waals surface area contributed by atoms with Crippen LogP contribution < -0.4 is 0 Å². The topological polar surface area (TPSA) is 55.2 Å². The van der Waals surface area contributed by atoms with Crippen LogP contribution in [0.2, 0.25) is 0 Å². The second kappa shape index (κ2) is 4.18. The summed E-state index contributed by atoms with van der Waals surface area (Å²) in [4.78, 5) is 4.11. The smallest absolute Gasteiger partial charge is 0.224 e. The molecule has 1 aromatic rings. The molecule has 1 atom stereocenters. The first kappa shape index (κ1) is 11.6. The minimum atomic E-state index is -3.23. The second-order valence-electron chi connectivity index (χ2n) is 4.19. The van der Waals surface area contributed by atoms with Crippen molar-refractivity contribution < 1.29 is 8.42 Å². The Labute approximate surface area is 96.1 Å². The van der Waals surface area contributed by atoms with Crippen LogP contribution in [0.4, 0.5) is 0 Å². The molecule has 5 nitrogen and oxygen atoms in total. The fourth-order valence-electron chi connectivity index (χ4n) is 2.07. The molecule has 0 N–H and O–H groups in total.